The number of hydrogen-bond acceptors (Lipinski definition) is 5. The third-order valence-corrected chi connectivity index (χ3v) is 5.36. The smallest absolute Gasteiger partial charge is 0.230 e. The second-order valence-electron chi connectivity index (χ2n) is 4.50. The van der Waals surface area contributed by atoms with Crippen molar-refractivity contribution in [3.05, 3.63) is 24.5 Å². The van der Waals surface area contributed by atoms with Gasteiger partial charge in [-0.1, -0.05) is 0 Å². The van der Waals surface area contributed by atoms with Crippen LogP contribution in [0.3, 0.4) is 0 Å². The van der Waals surface area contributed by atoms with Crippen LogP contribution in [0.5, 0.6) is 0 Å². The van der Waals surface area contributed by atoms with E-state index in [4.69, 9.17) is 4.74 Å². The minimum Gasteiger partial charge on any atom is -0.381 e. The Balaban J connectivity index is 1.51. The summed E-state index contributed by atoms with van der Waals surface area (Å²) in [6, 6.07) is 3.83. The first kappa shape index (κ1) is 15.7. The molecule has 0 atom stereocenters. The van der Waals surface area contributed by atoms with E-state index in [1.54, 1.807) is 12.4 Å². The molecule has 1 N–H and O–H groups in total. The van der Waals surface area contributed by atoms with Gasteiger partial charge in [-0.15, -0.1) is 11.8 Å². The molecule has 0 bridgehead atoms. The highest BCUT2D eigenvalue weighted by atomic mass is 32.2. The topological polar surface area (TPSA) is 51.2 Å². The lowest BCUT2D eigenvalue weighted by molar-refractivity contribution is -0.118. The van der Waals surface area contributed by atoms with Crippen molar-refractivity contribution in [1.82, 2.24) is 10.3 Å². The second kappa shape index (κ2) is 9.26. The minimum absolute atomic E-state index is 0.0967. The molecule has 0 spiro atoms. The van der Waals surface area contributed by atoms with Gasteiger partial charge in [0.1, 0.15) is 0 Å². The highest BCUT2D eigenvalue weighted by Gasteiger charge is 2.13. The molecule has 2 heterocycles. The number of amides is 1. The van der Waals surface area contributed by atoms with Gasteiger partial charge in [0.05, 0.1) is 5.75 Å². The first-order valence-electron chi connectivity index (χ1n) is 6.83. The quantitative estimate of drug-likeness (QED) is 0.618. The molecule has 1 aromatic rings. The Morgan fingerprint density at radius 1 is 1.35 bits per heavy atom. The molecule has 2 rings (SSSR count). The molecule has 6 heteroatoms. The first-order chi connectivity index (χ1) is 9.84. The van der Waals surface area contributed by atoms with Crippen molar-refractivity contribution in [2.45, 2.75) is 23.0 Å². The van der Waals surface area contributed by atoms with Crippen molar-refractivity contribution in [3.63, 3.8) is 0 Å². The van der Waals surface area contributed by atoms with Crippen LogP contribution < -0.4 is 5.32 Å². The van der Waals surface area contributed by atoms with Crippen molar-refractivity contribution in [1.29, 1.82) is 0 Å². The van der Waals surface area contributed by atoms with E-state index in [9.17, 15) is 4.79 Å². The Labute approximate surface area is 128 Å². The maximum Gasteiger partial charge on any atom is 0.230 e. The minimum atomic E-state index is 0.0967. The van der Waals surface area contributed by atoms with Crippen LogP contribution in [0.25, 0.3) is 0 Å². The average Bonchev–Trinajstić information content (AvgIpc) is 2.52. The molecule has 0 radical (unpaired) electrons. The number of nitrogens with zero attached hydrogens (tertiary/aromatic N) is 1. The molecule has 1 aromatic heterocycles. The van der Waals surface area contributed by atoms with Crippen molar-refractivity contribution in [2.75, 3.05) is 31.3 Å². The van der Waals surface area contributed by atoms with Gasteiger partial charge in [0.2, 0.25) is 5.91 Å². The number of rotatable bonds is 7. The number of nitrogens with one attached hydrogen (secondary N) is 1. The summed E-state index contributed by atoms with van der Waals surface area (Å²) in [6.07, 6.45) is 5.75. The Morgan fingerprint density at radius 2 is 2.10 bits per heavy atom. The monoisotopic (exact) mass is 312 g/mol. The van der Waals surface area contributed by atoms with Crippen molar-refractivity contribution >= 4 is 29.4 Å². The third-order valence-electron chi connectivity index (χ3n) is 2.97. The maximum atomic E-state index is 11.7. The number of carbonyl (C=O) groups excluding carboxylic acids is 1. The van der Waals surface area contributed by atoms with Gasteiger partial charge in [0.25, 0.3) is 0 Å². The van der Waals surface area contributed by atoms with Crippen LogP contribution in [-0.4, -0.2) is 47.4 Å². The van der Waals surface area contributed by atoms with Crippen LogP contribution in [-0.2, 0) is 9.53 Å². The summed E-state index contributed by atoms with van der Waals surface area (Å²) in [5.74, 6) is 1.54. The predicted octanol–water partition coefficient (Wildman–Crippen LogP) is 2.20. The molecule has 1 fully saturated rings. The van der Waals surface area contributed by atoms with Crippen LogP contribution in [0.2, 0.25) is 0 Å². The third kappa shape index (κ3) is 6.15. The Morgan fingerprint density at radius 3 is 2.85 bits per heavy atom. The van der Waals surface area contributed by atoms with Crippen LogP contribution >= 0.6 is 23.5 Å². The molecule has 20 heavy (non-hydrogen) atoms. The van der Waals surface area contributed by atoms with Gasteiger partial charge < -0.3 is 10.1 Å². The number of hydrogen-bond donors (Lipinski definition) is 1. The summed E-state index contributed by atoms with van der Waals surface area (Å²) in [4.78, 5) is 16.7. The standard InChI is InChI=1S/C14H20N2O2S2/c17-14(11-20-12-1-5-15-6-2-12)16-7-10-19-13-3-8-18-9-4-13/h1-2,5-6,13H,3-4,7-11H2,(H,16,17). The number of pyridine rings is 1. The van der Waals surface area contributed by atoms with E-state index in [0.29, 0.717) is 11.0 Å². The highest BCUT2D eigenvalue weighted by molar-refractivity contribution is 8.00. The molecule has 1 saturated heterocycles. The fourth-order valence-electron chi connectivity index (χ4n) is 1.89. The summed E-state index contributed by atoms with van der Waals surface area (Å²) in [7, 11) is 0. The lowest BCUT2D eigenvalue weighted by atomic mass is 10.2. The van der Waals surface area contributed by atoms with E-state index in [0.717, 1.165) is 43.2 Å². The van der Waals surface area contributed by atoms with Crippen LogP contribution in [0, 0.1) is 0 Å². The molecule has 1 aliphatic heterocycles. The van der Waals surface area contributed by atoms with Crippen molar-refractivity contribution < 1.29 is 9.53 Å². The van der Waals surface area contributed by atoms with E-state index in [2.05, 4.69) is 10.3 Å². The summed E-state index contributed by atoms with van der Waals surface area (Å²) < 4.78 is 5.33. The van der Waals surface area contributed by atoms with Gasteiger partial charge in [-0.2, -0.15) is 11.8 Å². The van der Waals surface area contributed by atoms with Gasteiger partial charge in [-0.05, 0) is 25.0 Å². The number of carbonyl (C=O) groups is 1. The number of ether oxygens (including phenoxy) is 1. The van der Waals surface area contributed by atoms with Gasteiger partial charge in [0.15, 0.2) is 0 Å². The molecule has 1 amide bonds. The van der Waals surface area contributed by atoms with Crippen LogP contribution in [0.4, 0.5) is 0 Å². The lowest BCUT2D eigenvalue weighted by Gasteiger charge is -2.21. The number of aromatic nitrogens is 1. The normalized spacial score (nSPS) is 16.0. The Bertz CT molecular complexity index is 397. The summed E-state index contributed by atoms with van der Waals surface area (Å²) in [5, 5.41) is 3.67. The van der Waals surface area contributed by atoms with E-state index in [1.807, 2.05) is 23.9 Å². The fourth-order valence-corrected chi connectivity index (χ4v) is 3.69. The molecular formula is C14H20N2O2S2. The van der Waals surface area contributed by atoms with Crippen LogP contribution in [0.1, 0.15) is 12.8 Å². The van der Waals surface area contributed by atoms with Gasteiger partial charge >= 0.3 is 0 Å². The molecule has 0 saturated carbocycles. The van der Waals surface area contributed by atoms with E-state index < -0.39 is 0 Å². The molecular weight excluding hydrogens is 292 g/mol. The van der Waals surface area contributed by atoms with Gasteiger partial charge in [-0.3, -0.25) is 9.78 Å². The fraction of sp³-hybridized carbons (Fsp3) is 0.571. The lowest BCUT2D eigenvalue weighted by Crippen LogP contribution is -2.28. The maximum absolute atomic E-state index is 11.7. The average molecular weight is 312 g/mol. The van der Waals surface area contributed by atoms with E-state index in [-0.39, 0.29) is 5.91 Å². The van der Waals surface area contributed by atoms with Crippen molar-refractivity contribution in [2.24, 2.45) is 0 Å². The van der Waals surface area contributed by atoms with Crippen molar-refractivity contribution in [3.8, 4) is 0 Å². The predicted molar refractivity (Wildman–Crippen MR) is 84.3 cm³/mol. The Kier molecular flexibility index (Phi) is 7.25. The molecule has 110 valence electrons. The number of thioether (sulfide) groups is 2. The molecule has 0 unspecified atom stereocenters. The molecule has 1 aliphatic rings. The SMILES string of the molecule is O=C(CSc1ccncc1)NCCSC1CCOCC1. The largest absolute Gasteiger partial charge is 0.381 e. The molecule has 0 aromatic carbocycles. The summed E-state index contributed by atoms with van der Waals surface area (Å²) >= 11 is 3.48. The highest BCUT2D eigenvalue weighted by Crippen LogP contribution is 2.21. The zero-order chi connectivity index (χ0) is 14.0. The zero-order valence-corrected chi connectivity index (χ0v) is 13.0. The van der Waals surface area contributed by atoms with E-state index >= 15 is 0 Å². The summed E-state index contributed by atoms with van der Waals surface area (Å²) in [5.41, 5.74) is 0. The molecule has 4 nitrogen and oxygen atoms in total. The Hall–Kier alpha value is -0.720. The first-order valence-corrected chi connectivity index (χ1v) is 8.87. The van der Waals surface area contributed by atoms with Crippen LogP contribution in [0.15, 0.2) is 29.4 Å². The van der Waals surface area contributed by atoms with E-state index in [1.165, 1.54) is 11.8 Å². The van der Waals surface area contributed by atoms with Gasteiger partial charge in [-0.25, -0.2) is 0 Å². The zero-order valence-electron chi connectivity index (χ0n) is 11.4. The second-order valence-corrected chi connectivity index (χ2v) is 6.96. The summed E-state index contributed by atoms with van der Waals surface area (Å²) in [6.45, 7) is 2.51. The van der Waals surface area contributed by atoms with Gasteiger partial charge in [0, 0.05) is 48.1 Å². The molecule has 0 aliphatic carbocycles.